The summed E-state index contributed by atoms with van der Waals surface area (Å²) in [6, 6.07) is 17.9. The van der Waals surface area contributed by atoms with E-state index >= 15 is 0 Å². The van der Waals surface area contributed by atoms with Gasteiger partial charge in [0.25, 0.3) is 5.91 Å². The van der Waals surface area contributed by atoms with Gasteiger partial charge in [0.1, 0.15) is 16.7 Å². The molecule has 4 aliphatic heterocycles. The highest BCUT2D eigenvalue weighted by molar-refractivity contribution is 6.35. The number of carbonyl (C=O) groups excluding carboxylic acids is 3. The van der Waals surface area contributed by atoms with Gasteiger partial charge in [-0.05, 0) is 61.7 Å². The van der Waals surface area contributed by atoms with E-state index in [1.165, 1.54) is 7.11 Å². The van der Waals surface area contributed by atoms with Gasteiger partial charge in [0.2, 0.25) is 5.91 Å². The predicted molar refractivity (Wildman–Crippen MR) is 144 cm³/mol. The van der Waals surface area contributed by atoms with Crippen LogP contribution in [-0.4, -0.2) is 42.2 Å². The number of aryl methyl sites for hydroxylation is 1. The van der Waals surface area contributed by atoms with Crippen molar-refractivity contribution in [2.75, 3.05) is 24.3 Å². The molecule has 0 unspecified atom stereocenters. The molecule has 0 saturated carbocycles. The van der Waals surface area contributed by atoms with Gasteiger partial charge in [-0.15, -0.1) is 0 Å². The van der Waals surface area contributed by atoms with Crippen molar-refractivity contribution in [2.24, 2.45) is 5.92 Å². The Labute approximate surface area is 225 Å². The molecule has 7 rings (SSSR count). The zero-order valence-electron chi connectivity index (χ0n) is 21.0. The Morgan fingerprint density at radius 2 is 1.79 bits per heavy atom. The SMILES string of the molecule is COc1ccccc1C(=O)[C@@H]1[C@@H]2CCCN2[C@]2(C(=O)Nc3c(Cl)cc(C)cc32)[C@@]12C(=O)Nc1ccccc12. The minimum absolute atomic E-state index is 0.205. The molecule has 192 valence electrons. The van der Waals surface area contributed by atoms with E-state index < -0.39 is 16.9 Å². The molecule has 0 bridgehead atoms. The highest BCUT2D eigenvalue weighted by atomic mass is 35.5. The van der Waals surface area contributed by atoms with E-state index in [4.69, 9.17) is 16.3 Å². The van der Waals surface area contributed by atoms with Crippen molar-refractivity contribution >= 4 is 40.6 Å². The van der Waals surface area contributed by atoms with E-state index in [1.807, 2.05) is 49.4 Å². The third-order valence-electron chi connectivity index (χ3n) is 8.96. The van der Waals surface area contributed by atoms with E-state index in [1.54, 1.807) is 18.2 Å². The molecule has 38 heavy (non-hydrogen) atoms. The van der Waals surface area contributed by atoms with Crippen molar-refractivity contribution in [2.45, 2.75) is 36.8 Å². The molecule has 2 amide bonds. The van der Waals surface area contributed by atoms with Crippen molar-refractivity contribution in [3.8, 4) is 5.75 Å². The Balaban J connectivity index is 1.61. The van der Waals surface area contributed by atoms with Crippen molar-refractivity contribution in [1.29, 1.82) is 0 Å². The van der Waals surface area contributed by atoms with E-state index in [0.717, 1.165) is 12.0 Å². The van der Waals surface area contributed by atoms with Crippen LogP contribution in [0.1, 0.15) is 39.9 Å². The molecule has 3 aromatic rings. The maximum atomic E-state index is 14.7. The topological polar surface area (TPSA) is 87.7 Å². The fraction of sp³-hybridized carbons (Fsp3) is 0.300. The van der Waals surface area contributed by atoms with E-state index in [0.29, 0.717) is 51.8 Å². The molecule has 4 atom stereocenters. The first-order valence-corrected chi connectivity index (χ1v) is 13.2. The van der Waals surface area contributed by atoms with Crippen LogP contribution in [-0.2, 0) is 20.5 Å². The summed E-state index contributed by atoms with van der Waals surface area (Å²) in [5.41, 5.74) is 0.765. The molecule has 0 aliphatic carbocycles. The van der Waals surface area contributed by atoms with Gasteiger partial charge in [-0.1, -0.05) is 48.0 Å². The summed E-state index contributed by atoms with van der Waals surface area (Å²) in [6.07, 6.45) is 1.50. The van der Waals surface area contributed by atoms with Gasteiger partial charge in [-0.2, -0.15) is 0 Å². The third-order valence-corrected chi connectivity index (χ3v) is 9.25. The Hall–Kier alpha value is -3.68. The minimum Gasteiger partial charge on any atom is -0.496 e. The molecule has 0 radical (unpaired) electrons. The summed E-state index contributed by atoms with van der Waals surface area (Å²) < 4.78 is 5.58. The number of methoxy groups -OCH3 is 1. The number of anilines is 2. The third kappa shape index (κ3) is 2.56. The molecule has 8 heteroatoms. The maximum Gasteiger partial charge on any atom is 0.251 e. The number of nitrogens with zero attached hydrogens (tertiary/aromatic N) is 1. The summed E-state index contributed by atoms with van der Waals surface area (Å²) >= 11 is 6.69. The van der Waals surface area contributed by atoms with E-state index in [-0.39, 0.29) is 23.6 Å². The van der Waals surface area contributed by atoms with E-state index in [9.17, 15) is 14.4 Å². The predicted octanol–water partition coefficient (Wildman–Crippen LogP) is 4.67. The fourth-order valence-electron chi connectivity index (χ4n) is 7.79. The van der Waals surface area contributed by atoms with Crippen LogP contribution in [0.4, 0.5) is 11.4 Å². The Bertz CT molecular complexity index is 1570. The molecule has 0 aromatic heterocycles. The highest BCUT2D eigenvalue weighted by Gasteiger charge is 2.81. The van der Waals surface area contributed by atoms with Gasteiger partial charge < -0.3 is 15.4 Å². The Kier molecular flexibility index (Phi) is 4.88. The second-order valence-electron chi connectivity index (χ2n) is 10.6. The molecule has 7 nitrogen and oxygen atoms in total. The van der Waals surface area contributed by atoms with Crippen molar-refractivity contribution in [1.82, 2.24) is 4.90 Å². The van der Waals surface area contributed by atoms with Crippen LogP contribution in [0.5, 0.6) is 5.75 Å². The summed E-state index contributed by atoms with van der Waals surface area (Å²) in [6.45, 7) is 2.50. The average molecular weight is 528 g/mol. The molecule has 2 N–H and O–H groups in total. The molecule has 2 fully saturated rings. The van der Waals surface area contributed by atoms with Gasteiger partial charge in [-0.3, -0.25) is 19.3 Å². The van der Waals surface area contributed by atoms with Crippen molar-refractivity contribution < 1.29 is 19.1 Å². The second-order valence-corrected chi connectivity index (χ2v) is 11.0. The number of nitrogens with one attached hydrogen (secondary N) is 2. The number of halogens is 1. The zero-order valence-corrected chi connectivity index (χ0v) is 21.8. The number of rotatable bonds is 3. The first kappa shape index (κ1) is 23.4. The van der Waals surface area contributed by atoms with Crippen LogP contribution in [0.15, 0.2) is 60.7 Å². The Morgan fingerprint density at radius 1 is 1.03 bits per heavy atom. The van der Waals surface area contributed by atoms with Crippen LogP contribution in [0.2, 0.25) is 5.02 Å². The summed E-state index contributed by atoms with van der Waals surface area (Å²) in [7, 11) is 1.53. The largest absolute Gasteiger partial charge is 0.496 e. The van der Waals surface area contributed by atoms with Crippen LogP contribution in [0, 0.1) is 12.8 Å². The average Bonchev–Trinajstić information content (AvgIpc) is 3.63. The van der Waals surface area contributed by atoms with Gasteiger partial charge in [0.05, 0.1) is 29.3 Å². The number of ketones is 1. The van der Waals surface area contributed by atoms with Crippen LogP contribution in [0.3, 0.4) is 0 Å². The van der Waals surface area contributed by atoms with Gasteiger partial charge >= 0.3 is 0 Å². The van der Waals surface area contributed by atoms with Crippen molar-refractivity contribution in [3.63, 3.8) is 0 Å². The lowest BCUT2D eigenvalue weighted by molar-refractivity contribution is -0.137. The number of fused-ring (bicyclic) bond motifs is 7. The normalized spacial score (nSPS) is 28.8. The first-order chi connectivity index (χ1) is 18.4. The van der Waals surface area contributed by atoms with Crippen molar-refractivity contribution in [3.05, 3.63) is 87.9 Å². The summed E-state index contributed by atoms with van der Waals surface area (Å²) in [5, 5.41) is 6.51. The van der Waals surface area contributed by atoms with Crippen LogP contribution >= 0.6 is 11.6 Å². The molecule has 3 aromatic carbocycles. The molecule has 2 spiro atoms. The number of carbonyl (C=O) groups is 3. The quantitative estimate of drug-likeness (QED) is 0.483. The number of Topliss-reactive ketones (excluding diaryl/α,β-unsaturated/α-hetero) is 1. The number of ether oxygens (including phenoxy) is 1. The fourth-order valence-corrected chi connectivity index (χ4v) is 8.11. The maximum absolute atomic E-state index is 14.7. The van der Waals surface area contributed by atoms with Crippen LogP contribution < -0.4 is 15.4 Å². The second kappa shape index (κ2) is 7.91. The smallest absolute Gasteiger partial charge is 0.251 e. The number of hydrogen-bond donors (Lipinski definition) is 2. The zero-order chi connectivity index (χ0) is 26.4. The molecule has 4 heterocycles. The number of para-hydroxylation sites is 2. The Morgan fingerprint density at radius 3 is 2.61 bits per heavy atom. The summed E-state index contributed by atoms with van der Waals surface area (Å²) in [5.74, 6) is -1.26. The standard InChI is InChI=1S/C30H26ClN3O4/c1-16-14-19-25(20(31)15-16)33-28(37)30(19)29(18-9-4-5-10-21(18)32-27(29)36)24(22-11-7-13-34(22)30)26(35)17-8-3-6-12-23(17)38-2/h3-6,8-10,12,14-15,22,24H,7,11,13H2,1-2H3,(H,32,36)(H,33,37)/t22-,24-,29+,30+/m0/s1. The molecular formula is C30H26ClN3O4. The van der Waals surface area contributed by atoms with Gasteiger partial charge in [0.15, 0.2) is 5.78 Å². The van der Waals surface area contributed by atoms with Crippen LogP contribution in [0.25, 0.3) is 0 Å². The molecule has 2 saturated heterocycles. The van der Waals surface area contributed by atoms with E-state index in [2.05, 4.69) is 15.5 Å². The lowest BCUT2D eigenvalue weighted by Crippen LogP contribution is -2.62. The van der Waals surface area contributed by atoms with Gasteiger partial charge in [-0.25, -0.2) is 0 Å². The number of amides is 2. The lowest BCUT2D eigenvalue weighted by atomic mass is 9.57. The lowest BCUT2D eigenvalue weighted by Gasteiger charge is -2.43. The summed E-state index contributed by atoms with van der Waals surface area (Å²) in [4.78, 5) is 45.9. The minimum atomic E-state index is -1.51. The molecular weight excluding hydrogens is 502 g/mol. The first-order valence-electron chi connectivity index (χ1n) is 12.8. The highest BCUT2D eigenvalue weighted by Crippen LogP contribution is 2.68. The monoisotopic (exact) mass is 527 g/mol. The number of hydrogen-bond acceptors (Lipinski definition) is 5. The number of benzene rings is 3. The molecule has 4 aliphatic rings. The van der Waals surface area contributed by atoms with Gasteiger partial charge in [0, 0.05) is 17.3 Å².